The first-order valence-corrected chi connectivity index (χ1v) is 7.14. The van der Waals surface area contributed by atoms with Gasteiger partial charge in [-0.1, -0.05) is 12.1 Å². The van der Waals surface area contributed by atoms with Gasteiger partial charge in [0, 0.05) is 11.9 Å². The topological polar surface area (TPSA) is 38.3 Å². The number of benzene rings is 1. The molecule has 4 heteroatoms. The molecule has 3 nitrogen and oxygen atoms in total. The molecule has 0 bridgehead atoms. The van der Waals surface area contributed by atoms with Crippen molar-refractivity contribution < 1.29 is 9.53 Å². The number of methoxy groups -OCH3 is 1. The standard InChI is InChI=1S/C15H20ClNO2/c1-19-14-6-3-11(4-7-14)9-15(18)17-10-12-2-5-13(16)8-12/h3-4,6-7,12-13H,2,5,8-10H2,1H3,(H,17,18). The quantitative estimate of drug-likeness (QED) is 0.843. The number of alkyl halides is 1. The molecule has 1 fully saturated rings. The van der Waals surface area contributed by atoms with Crippen molar-refractivity contribution in [3.63, 3.8) is 0 Å². The molecule has 1 amide bonds. The smallest absolute Gasteiger partial charge is 0.224 e. The second-order valence-corrected chi connectivity index (χ2v) is 5.72. The fraction of sp³-hybridized carbons (Fsp3) is 0.533. The Morgan fingerprint density at radius 2 is 2.11 bits per heavy atom. The number of carbonyl (C=O) groups excluding carboxylic acids is 1. The molecule has 0 aromatic heterocycles. The first kappa shape index (κ1) is 14.2. The third kappa shape index (κ3) is 4.43. The molecule has 0 saturated heterocycles. The Hall–Kier alpha value is -1.22. The Balaban J connectivity index is 1.74. The Labute approximate surface area is 119 Å². The summed E-state index contributed by atoms with van der Waals surface area (Å²) in [6.07, 6.45) is 3.63. The number of carbonyl (C=O) groups is 1. The molecule has 0 aliphatic heterocycles. The Morgan fingerprint density at radius 3 is 2.68 bits per heavy atom. The van der Waals surface area contributed by atoms with E-state index in [4.69, 9.17) is 16.3 Å². The van der Waals surface area contributed by atoms with Crippen LogP contribution in [0, 0.1) is 5.92 Å². The lowest BCUT2D eigenvalue weighted by Crippen LogP contribution is -2.29. The molecule has 1 aliphatic carbocycles. The van der Waals surface area contributed by atoms with Crippen LogP contribution in [0.5, 0.6) is 5.75 Å². The maximum Gasteiger partial charge on any atom is 0.224 e. The molecular formula is C15H20ClNO2. The van der Waals surface area contributed by atoms with Crippen LogP contribution in [-0.2, 0) is 11.2 Å². The van der Waals surface area contributed by atoms with E-state index in [0.717, 1.165) is 37.1 Å². The minimum atomic E-state index is 0.0724. The van der Waals surface area contributed by atoms with Crippen LogP contribution in [0.25, 0.3) is 0 Å². The SMILES string of the molecule is COc1ccc(CC(=O)NCC2CCC(Cl)C2)cc1. The normalized spacial score (nSPS) is 22.2. The third-order valence-corrected chi connectivity index (χ3v) is 3.99. The molecule has 2 unspecified atom stereocenters. The van der Waals surface area contributed by atoms with Gasteiger partial charge >= 0.3 is 0 Å². The summed E-state index contributed by atoms with van der Waals surface area (Å²) in [5.74, 6) is 1.42. The molecule has 104 valence electrons. The van der Waals surface area contributed by atoms with Gasteiger partial charge in [0.1, 0.15) is 5.75 Å². The van der Waals surface area contributed by atoms with Crippen molar-refractivity contribution in [2.75, 3.05) is 13.7 Å². The number of halogens is 1. The Bertz CT molecular complexity index is 419. The van der Waals surface area contributed by atoms with Crippen LogP contribution in [0.4, 0.5) is 0 Å². The van der Waals surface area contributed by atoms with E-state index in [-0.39, 0.29) is 5.91 Å². The lowest BCUT2D eigenvalue weighted by atomic mass is 10.1. The third-order valence-electron chi connectivity index (χ3n) is 3.59. The van der Waals surface area contributed by atoms with Crippen LogP contribution in [-0.4, -0.2) is 24.9 Å². The van der Waals surface area contributed by atoms with Gasteiger partial charge < -0.3 is 10.1 Å². The van der Waals surface area contributed by atoms with Crippen molar-refractivity contribution in [1.29, 1.82) is 0 Å². The van der Waals surface area contributed by atoms with E-state index in [1.54, 1.807) is 7.11 Å². The van der Waals surface area contributed by atoms with Crippen LogP contribution >= 0.6 is 11.6 Å². The number of rotatable bonds is 5. The predicted molar refractivity (Wildman–Crippen MR) is 76.7 cm³/mol. The average Bonchev–Trinajstić information content (AvgIpc) is 2.83. The van der Waals surface area contributed by atoms with Gasteiger partial charge in [-0.15, -0.1) is 11.6 Å². The zero-order valence-corrected chi connectivity index (χ0v) is 12.0. The minimum Gasteiger partial charge on any atom is -0.497 e. The van der Waals surface area contributed by atoms with Gasteiger partial charge in [-0.05, 0) is 42.9 Å². The molecule has 0 radical (unpaired) electrons. The van der Waals surface area contributed by atoms with Crippen LogP contribution in [0.1, 0.15) is 24.8 Å². The summed E-state index contributed by atoms with van der Waals surface area (Å²) in [7, 11) is 1.63. The van der Waals surface area contributed by atoms with E-state index in [1.807, 2.05) is 24.3 Å². The molecule has 0 spiro atoms. The van der Waals surface area contributed by atoms with Crippen LogP contribution < -0.4 is 10.1 Å². The second kappa shape index (κ2) is 6.80. The summed E-state index contributed by atoms with van der Waals surface area (Å²) in [4.78, 5) is 11.8. The summed E-state index contributed by atoms with van der Waals surface area (Å²) in [6.45, 7) is 0.748. The first-order chi connectivity index (χ1) is 9.17. The highest BCUT2D eigenvalue weighted by atomic mass is 35.5. The van der Waals surface area contributed by atoms with Crippen molar-refractivity contribution in [3.8, 4) is 5.75 Å². The van der Waals surface area contributed by atoms with Crippen LogP contribution in [0.15, 0.2) is 24.3 Å². The van der Waals surface area contributed by atoms with Crippen molar-refractivity contribution in [1.82, 2.24) is 5.32 Å². The monoisotopic (exact) mass is 281 g/mol. The summed E-state index contributed by atoms with van der Waals surface area (Å²) in [5, 5.41) is 3.29. The Kier molecular flexibility index (Phi) is 5.08. The van der Waals surface area contributed by atoms with Crippen molar-refractivity contribution in [3.05, 3.63) is 29.8 Å². The van der Waals surface area contributed by atoms with Gasteiger partial charge in [0.05, 0.1) is 13.5 Å². The highest BCUT2D eigenvalue weighted by molar-refractivity contribution is 6.20. The summed E-state index contributed by atoms with van der Waals surface area (Å²) in [5.41, 5.74) is 1.000. The zero-order chi connectivity index (χ0) is 13.7. The molecule has 2 rings (SSSR count). The maximum atomic E-state index is 11.8. The highest BCUT2D eigenvalue weighted by Gasteiger charge is 2.22. The zero-order valence-electron chi connectivity index (χ0n) is 11.2. The number of amides is 1. The summed E-state index contributed by atoms with van der Waals surface area (Å²) < 4.78 is 5.09. The van der Waals surface area contributed by atoms with E-state index in [9.17, 15) is 4.79 Å². The van der Waals surface area contributed by atoms with Gasteiger partial charge in [0.25, 0.3) is 0 Å². The molecule has 2 atom stereocenters. The largest absolute Gasteiger partial charge is 0.497 e. The van der Waals surface area contributed by atoms with Gasteiger partial charge in [0.15, 0.2) is 0 Å². The lowest BCUT2D eigenvalue weighted by Gasteiger charge is -2.11. The number of nitrogens with one attached hydrogen (secondary N) is 1. The molecular weight excluding hydrogens is 262 g/mol. The highest BCUT2D eigenvalue weighted by Crippen LogP contribution is 2.28. The summed E-state index contributed by atoms with van der Waals surface area (Å²) in [6, 6.07) is 7.58. The molecule has 1 aromatic rings. The average molecular weight is 282 g/mol. The minimum absolute atomic E-state index is 0.0724. The lowest BCUT2D eigenvalue weighted by molar-refractivity contribution is -0.120. The van der Waals surface area contributed by atoms with E-state index < -0.39 is 0 Å². The number of hydrogen-bond acceptors (Lipinski definition) is 2. The molecule has 1 saturated carbocycles. The summed E-state index contributed by atoms with van der Waals surface area (Å²) >= 11 is 6.06. The fourth-order valence-corrected chi connectivity index (χ4v) is 2.83. The van der Waals surface area contributed by atoms with Crippen molar-refractivity contribution >= 4 is 17.5 Å². The number of hydrogen-bond donors (Lipinski definition) is 1. The van der Waals surface area contributed by atoms with Gasteiger partial charge in [-0.2, -0.15) is 0 Å². The Morgan fingerprint density at radius 1 is 1.37 bits per heavy atom. The number of ether oxygens (including phenoxy) is 1. The second-order valence-electron chi connectivity index (χ2n) is 5.11. The molecule has 1 aliphatic rings. The molecule has 19 heavy (non-hydrogen) atoms. The van der Waals surface area contributed by atoms with E-state index >= 15 is 0 Å². The van der Waals surface area contributed by atoms with E-state index in [2.05, 4.69) is 5.32 Å². The van der Waals surface area contributed by atoms with Gasteiger partial charge in [0.2, 0.25) is 5.91 Å². The molecule has 1 aromatic carbocycles. The van der Waals surface area contributed by atoms with Crippen molar-refractivity contribution in [2.45, 2.75) is 31.1 Å². The van der Waals surface area contributed by atoms with Gasteiger partial charge in [-0.3, -0.25) is 4.79 Å². The van der Waals surface area contributed by atoms with Crippen LogP contribution in [0.3, 0.4) is 0 Å². The first-order valence-electron chi connectivity index (χ1n) is 6.71. The van der Waals surface area contributed by atoms with E-state index in [0.29, 0.717) is 17.7 Å². The van der Waals surface area contributed by atoms with Crippen LogP contribution in [0.2, 0.25) is 0 Å². The predicted octanol–water partition coefficient (Wildman–Crippen LogP) is 2.76. The van der Waals surface area contributed by atoms with Gasteiger partial charge in [-0.25, -0.2) is 0 Å². The molecule has 0 heterocycles. The van der Waals surface area contributed by atoms with Crippen molar-refractivity contribution in [2.24, 2.45) is 5.92 Å². The van der Waals surface area contributed by atoms with E-state index in [1.165, 1.54) is 0 Å². The molecule has 1 N–H and O–H groups in total. The maximum absolute atomic E-state index is 11.8. The fourth-order valence-electron chi connectivity index (χ4n) is 2.45.